The van der Waals surface area contributed by atoms with Crippen molar-refractivity contribution in [3.05, 3.63) is 16.3 Å². The molecule has 2 rings (SSSR count). The summed E-state index contributed by atoms with van der Waals surface area (Å²) in [4.78, 5) is 16.7. The molecular formula is C12H19N3O3S. The molecule has 0 bridgehead atoms. The van der Waals surface area contributed by atoms with Crippen molar-refractivity contribution in [2.45, 2.75) is 25.7 Å². The molecule has 0 aromatic carbocycles. The van der Waals surface area contributed by atoms with Crippen molar-refractivity contribution in [1.29, 1.82) is 0 Å². The number of nitro groups is 1. The molecule has 1 fully saturated rings. The van der Waals surface area contributed by atoms with Crippen LogP contribution in [0.3, 0.4) is 0 Å². The predicted octanol–water partition coefficient (Wildman–Crippen LogP) is 2.69. The van der Waals surface area contributed by atoms with Crippen LogP contribution in [-0.4, -0.2) is 36.7 Å². The maximum atomic E-state index is 10.7. The van der Waals surface area contributed by atoms with Gasteiger partial charge in [0.2, 0.25) is 0 Å². The van der Waals surface area contributed by atoms with Crippen LogP contribution in [0.2, 0.25) is 0 Å². The molecule has 1 atom stereocenters. The number of hydrogen-bond donors (Lipinski definition) is 0. The second-order valence-corrected chi connectivity index (χ2v) is 5.82. The van der Waals surface area contributed by atoms with E-state index in [4.69, 9.17) is 4.74 Å². The van der Waals surface area contributed by atoms with E-state index in [1.807, 2.05) is 0 Å². The van der Waals surface area contributed by atoms with Crippen LogP contribution in [0.1, 0.15) is 25.7 Å². The number of nitrogens with zero attached hydrogens (tertiary/aromatic N) is 3. The molecule has 0 aliphatic carbocycles. The van der Waals surface area contributed by atoms with Gasteiger partial charge in [-0.2, -0.15) is 0 Å². The second-order valence-electron chi connectivity index (χ2n) is 4.83. The second kappa shape index (κ2) is 6.81. The summed E-state index contributed by atoms with van der Waals surface area (Å²) in [7, 11) is 1.72. The van der Waals surface area contributed by atoms with E-state index in [-0.39, 0.29) is 9.92 Å². The zero-order chi connectivity index (χ0) is 13.7. The average Bonchev–Trinajstić information content (AvgIpc) is 2.77. The molecule has 0 saturated carbocycles. The van der Waals surface area contributed by atoms with Gasteiger partial charge < -0.3 is 9.64 Å². The fourth-order valence-electron chi connectivity index (χ4n) is 2.41. The maximum Gasteiger partial charge on any atom is 0.345 e. The number of hydrogen-bond acceptors (Lipinski definition) is 6. The standard InChI is InChI=1S/C12H19N3O3S/c1-18-7-5-10-4-2-3-6-14(9-10)12-13-8-11(19-12)15(16)17/h8,10H,2-7,9H2,1H3. The highest BCUT2D eigenvalue weighted by molar-refractivity contribution is 7.18. The number of rotatable bonds is 5. The van der Waals surface area contributed by atoms with E-state index in [1.54, 1.807) is 7.11 Å². The van der Waals surface area contributed by atoms with Crippen molar-refractivity contribution in [3.63, 3.8) is 0 Å². The van der Waals surface area contributed by atoms with E-state index in [0.29, 0.717) is 5.92 Å². The van der Waals surface area contributed by atoms with Gasteiger partial charge in [-0.25, -0.2) is 4.98 Å². The SMILES string of the molecule is COCCC1CCCCN(c2ncc([N+](=O)[O-])s2)C1. The smallest absolute Gasteiger partial charge is 0.345 e. The van der Waals surface area contributed by atoms with Crippen LogP contribution in [-0.2, 0) is 4.74 Å². The Balaban J connectivity index is 2.02. The number of aromatic nitrogens is 1. The quantitative estimate of drug-likeness (QED) is 0.614. The number of thiazole rings is 1. The van der Waals surface area contributed by atoms with Gasteiger partial charge >= 0.3 is 5.00 Å². The first-order valence-corrected chi connectivity index (χ1v) is 7.36. The molecule has 6 nitrogen and oxygen atoms in total. The third-order valence-electron chi connectivity index (χ3n) is 3.43. The summed E-state index contributed by atoms with van der Waals surface area (Å²) in [5, 5.41) is 11.6. The van der Waals surface area contributed by atoms with Crippen LogP contribution in [0.4, 0.5) is 10.1 Å². The van der Waals surface area contributed by atoms with Crippen molar-refractivity contribution in [2.75, 3.05) is 31.7 Å². The van der Waals surface area contributed by atoms with E-state index >= 15 is 0 Å². The molecule has 1 unspecified atom stereocenters. The summed E-state index contributed by atoms with van der Waals surface area (Å²) < 4.78 is 5.14. The highest BCUT2D eigenvalue weighted by Crippen LogP contribution is 2.31. The van der Waals surface area contributed by atoms with Crippen molar-refractivity contribution < 1.29 is 9.66 Å². The van der Waals surface area contributed by atoms with Gasteiger partial charge in [0.25, 0.3) is 0 Å². The minimum atomic E-state index is -0.374. The van der Waals surface area contributed by atoms with E-state index in [1.165, 1.54) is 30.4 Å². The first kappa shape index (κ1) is 14.2. The van der Waals surface area contributed by atoms with Gasteiger partial charge in [-0.15, -0.1) is 0 Å². The van der Waals surface area contributed by atoms with Crippen molar-refractivity contribution in [3.8, 4) is 0 Å². The van der Waals surface area contributed by atoms with Crippen molar-refractivity contribution in [1.82, 2.24) is 4.98 Å². The third kappa shape index (κ3) is 3.87. The molecule has 7 heteroatoms. The van der Waals surface area contributed by atoms with Crippen molar-refractivity contribution in [2.24, 2.45) is 5.92 Å². The summed E-state index contributed by atoms with van der Waals surface area (Å²) in [5.74, 6) is 0.588. The molecule has 1 saturated heterocycles. The maximum absolute atomic E-state index is 10.7. The lowest BCUT2D eigenvalue weighted by Crippen LogP contribution is -2.28. The minimum Gasteiger partial charge on any atom is -0.385 e. The Morgan fingerprint density at radius 3 is 3.16 bits per heavy atom. The highest BCUT2D eigenvalue weighted by Gasteiger charge is 2.22. The average molecular weight is 285 g/mol. The molecule has 0 spiro atoms. The summed E-state index contributed by atoms with van der Waals surface area (Å²) in [6.45, 7) is 2.64. The first-order valence-electron chi connectivity index (χ1n) is 6.55. The van der Waals surface area contributed by atoms with Crippen LogP contribution < -0.4 is 4.90 Å². The lowest BCUT2D eigenvalue weighted by atomic mass is 10.0. The Kier molecular flexibility index (Phi) is 5.09. The molecular weight excluding hydrogens is 266 g/mol. The predicted molar refractivity (Wildman–Crippen MR) is 74.8 cm³/mol. The van der Waals surface area contributed by atoms with Gasteiger partial charge in [0, 0.05) is 26.8 Å². The fourth-order valence-corrected chi connectivity index (χ4v) is 3.18. The minimum absolute atomic E-state index is 0.118. The largest absolute Gasteiger partial charge is 0.385 e. The molecule has 1 aliphatic rings. The summed E-state index contributed by atoms with van der Waals surface area (Å²) in [6.07, 6.45) is 5.93. The van der Waals surface area contributed by atoms with E-state index in [0.717, 1.165) is 37.7 Å². The van der Waals surface area contributed by atoms with Crippen LogP contribution in [0, 0.1) is 16.0 Å². The topological polar surface area (TPSA) is 68.5 Å². The zero-order valence-electron chi connectivity index (χ0n) is 11.1. The number of methoxy groups -OCH3 is 1. The Morgan fingerprint density at radius 1 is 1.63 bits per heavy atom. The van der Waals surface area contributed by atoms with E-state index < -0.39 is 0 Å². The summed E-state index contributed by atoms with van der Waals surface area (Å²) in [6, 6.07) is 0. The molecule has 1 aromatic rings. The van der Waals surface area contributed by atoms with Gasteiger partial charge in [-0.05, 0) is 36.5 Å². The molecule has 2 heterocycles. The first-order chi connectivity index (χ1) is 9.20. The molecule has 19 heavy (non-hydrogen) atoms. The Bertz CT molecular complexity index is 424. The summed E-state index contributed by atoms with van der Waals surface area (Å²) in [5.41, 5.74) is 0. The van der Waals surface area contributed by atoms with Gasteiger partial charge in [-0.3, -0.25) is 10.1 Å². The van der Waals surface area contributed by atoms with E-state index in [9.17, 15) is 10.1 Å². The van der Waals surface area contributed by atoms with Crippen LogP contribution in [0.5, 0.6) is 0 Å². The van der Waals surface area contributed by atoms with Gasteiger partial charge in [0.15, 0.2) is 5.13 Å². The van der Waals surface area contributed by atoms with Crippen molar-refractivity contribution >= 4 is 21.5 Å². The molecule has 0 N–H and O–H groups in total. The molecule has 1 aliphatic heterocycles. The monoisotopic (exact) mass is 285 g/mol. The van der Waals surface area contributed by atoms with Crippen LogP contribution in [0.25, 0.3) is 0 Å². The normalized spacial score (nSPS) is 20.3. The lowest BCUT2D eigenvalue weighted by Gasteiger charge is -2.23. The zero-order valence-corrected chi connectivity index (χ0v) is 11.9. The summed E-state index contributed by atoms with van der Waals surface area (Å²) >= 11 is 1.17. The van der Waals surface area contributed by atoms with Gasteiger partial charge in [-0.1, -0.05) is 6.42 Å². The third-order valence-corrected chi connectivity index (χ3v) is 4.44. The van der Waals surface area contributed by atoms with E-state index in [2.05, 4.69) is 9.88 Å². The Morgan fingerprint density at radius 2 is 2.47 bits per heavy atom. The molecule has 0 radical (unpaired) electrons. The molecule has 1 aromatic heterocycles. The lowest BCUT2D eigenvalue weighted by molar-refractivity contribution is -0.380. The number of anilines is 1. The number of ether oxygens (including phenoxy) is 1. The van der Waals surface area contributed by atoms with Crippen LogP contribution in [0.15, 0.2) is 6.20 Å². The van der Waals surface area contributed by atoms with Crippen LogP contribution >= 0.6 is 11.3 Å². The highest BCUT2D eigenvalue weighted by atomic mass is 32.1. The molecule has 0 amide bonds. The Labute approximate surface area is 116 Å². The van der Waals surface area contributed by atoms with Gasteiger partial charge in [0.1, 0.15) is 6.20 Å². The van der Waals surface area contributed by atoms with Gasteiger partial charge in [0.05, 0.1) is 4.92 Å². The molecule has 106 valence electrons. The fraction of sp³-hybridized carbons (Fsp3) is 0.750. The Hall–Kier alpha value is -1.21.